The van der Waals surface area contributed by atoms with Crippen molar-refractivity contribution >= 4 is 11.9 Å². The first-order valence-electron chi connectivity index (χ1n) is 7.50. The fraction of sp³-hybridized carbons (Fsp3) is 0.375. The Hall–Kier alpha value is -2.90. The molecule has 3 rings (SSSR count). The van der Waals surface area contributed by atoms with Crippen LogP contribution in [0.3, 0.4) is 0 Å². The van der Waals surface area contributed by atoms with Crippen molar-refractivity contribution in [1.29, 1.82) is 0 Å². The maximum atomic E-state index is 12.0. The van der Waals surface area contributed by atoms with Crippen molar-refractivity contribution in [2.24, 2.45) is 11.8 Å². The number of nitrogens with one attached hydrogen (secondary N) is 1. The highest BCUT2D eigenvalue weighted by Gasteiger charge is 2.48. The average Bonchev–Trinajstić information content (AvgIpc) is 3.24. The minimum absolute atomic E-state index is 0.258. The summed E-state index contributed by atoms with van der Waals surface area (Å²) in [7, 11) is 1.57. The number of ether oxygens (including phenoxy) is 1. The standard InChI is InChI=1S/C16H17N3O5/c1-8(17-14(20)11-7-12(11)16(21)22)15-18-13(19-24-15)9-4-3-5-10(6-9)23-2/h3-6,8,11-12H,7H2,1-2H3,(H,17,20)(H,21,22)/t8-,11-,12+/m0/s1. The molecule has 1 fully saturated rings. The van der Waals surface area contributed by atoms with Gasteiger partial charge in [-0.25, -0.2) is 0 Å². The van der Waals surface area contributed by atoms with Gasteiger partial charge in [-0.3, -0.25) is 9.59 Å². The summed E-state index contributed by atoms with van der Waals surface area (Å²) in [5, 5.41) is 15.5. The lowest BCUT2D eigenvalue weighted by Crippen LogP contribution is -2.29. The van der Waals surface area contributed by atoms with Gasteiger partial charge >= 0.3 is 5.97 Å². The number of carboxylic acid groups (broad SMARTS) is 1. The number of hydrogen-bond donors (Lipinski definition) is 2. The van der Waals surface area contributed by atoms with Crippen LogP contribution in [0.1, 0.15) is 25.3 Å². The first kappa shape index (κ1) is 16.0. The van der Waals surface area contributed by atoms with Gasteiger partial charge in [0, 0.05) is 5.56 Å². The van der Waals surface area contributed by atoms with Crippen molar-refractivity contribution in [3.63, 3.8) is 0 Å². The number of amides is 1. The van der Waals surface area contributed by atoms with Crippen LogP contribution in [0.2, 0.25) is 0 Å². The van der Waals surface area contributed by atoms with Crippen LogP contribution in [-0.2, 0) is 9.59 Å². The minimum atomic E-state index is -0.944. The number of rotatable bonds is 6. The molecule has 1 saturated carbocycles. The molecule has 0 aliphatic heterocycles. The molecule has 126 valence electrons. The second kappa shape index (κ2) is 6.31. The van der Waals surface area contributed by atoms with Crippen LogP contribution in [-0.4, -0.2) is 34.2 Å². The molecule has 0 spiro atoms. The van der Waals surface area contributed by atoms with Gasteiger partial charge in [0.1, 0.15) is 11.8 Å². The zero-order valence-corrected chi connectivity index (χ0v) is 13.2. The molecule has 1 amide bonds. The van der Waals surface area contributed by atoms with E-state index in [2.05, 4.69) is 15.5 Å². The summed E-state index contributed by atoms with van der Waals surface area (Å²) in [6.45, 7) is 1.71. The number of nitrogens with zero attached hydrogens (tertiary/aromatic N) is 2. The highest BCUT2D eigenvalue weighted by Crippen LogP contribution is 2.39. The van der Waals surface area contributed by atoms with E-state index in [-0.39, 0.29) is 11.8 Å². The van der Waals surface area contributed by atoms with Gasteiger partial charge in [0.2, 0.25) is 17.6 Å². The maximum Gasteiger partial charge on any atom is 0.307 e. The van der Waals surface area contributed by atoms with E-state index < -0.39 is 23.8 Å². The molecule has 2 aromatic rings. The molecule has 2 N–H and O–H groups in total. The Bertz CT molecular complexity index is 773. The first-order valence-corrected chi connectivity index (χ1v) is 7.50. The molecule has 3 atom stereocenters. The summed E-state index contributed by atoms with van der Waals surface area (Å²) in [5.74, 6) is -1.00. The van der Waals surface area contributed by atoms with E-state index in [0.717, 1.165) is 5.56 Å². The summed E-state index contributed by atoms with van der Waals surface area (Å²) < 4.78 is 10.4. The number of carbonyl (C=O) groups is 2. The number of carboxylic acids is 1. The van der Waals surface area contributed by atoms with E-state index in [9.17, 15) is 9.59 Å². The fourth-order valence-corrected chi connectivity index (χ4v) is 2.43. The summed E-state index contributed by atoms with van der Waals surface area (Å²) in [4.78, 5) is 27.1. The number of benzene rings is 1. The van der Waals surface area contributed by atoms with Crippen LogP contribution < -0.4 is 10.1 Å². The third kappa shape index (κ3) is 3.22. The molecular formula is C16H17N3O5. The predicted molar refractivity (Wildman–Crippen MR) is 82.1 cm³/mol. The van der Waals surface area contributed by atoms with E-state index in [1.165, 1.54) is 0 Å². The lowest BCUT2D eigenvalue weighted by atomic mass is 10.2. The smallest absolute Gasteiger partial charge is 0.307 e. The predicted octanol–water partition coefficient (Wildman–Crippen LogP) is 1.64. The zero-order valence-electron chi connectivity index (χ0n) is 13.2. The molecule has 1 aliphatic rings. The number of aliphatic carboxylic acids is 1. The lowest BCUT2D eigenvalue weighted by Gasteiger charge is -2.08. The van der Waals surface area contributed by atoms with E-state index >= 15 is 0 Å². The molecule has 1 aliphatic carbocycles. The molecule has 0 bridgehead atoms. The Morgan fingerprint density at radius 1 is 1.42 bits per heavy atom. The molecule has 1 aromatic heterocycles. The second-order valence-electron chi connectivity index (χ2n) is 5.71. The molecule has 1 aromatic carbocycles. The van der Waals surface area contributed by atoms with Crippen LogP contribution in [0.15, 0.2) is 28.8 Å². The molecule has 1 heterocycles. The van der Waals surface area contributed by atoms with Crippen LogP contribution in [0.4, 0.5) is 0 Å². The van der Waals surface area contributed by atoms with Crippen LogP contribution in [0.25, 0.3) is 11.4 Å². The Labute approximate surface area is 137 Å². The maximum absolute atomic E-state index is 12.0. The van der Waals surface area contributed by atoms with Gasteiger partial charge in [0.15, 0.2) is 0 Å². The van der Waals surface area contributed by atoms with Crippen molar-refractivity contribution in [3.05, 3.63) is 30.2 Å². The van der Waals surface area contributed by atoms with E-state index in [1.54, 1.807) is 20.1 Å². The number of methoxy groups -OCH3 is 1. The summed E-state index contributed by atoms with van der Waals surface area (Å²) >= 11 is 0. The third-order valence-electron chi connectivity index (χ3n) is 3.94. The molecule has 8 heteroatoms. The quantitative estimate of drug-likeness (QED) is 0.827. The highest BCUT2D eigenvalue weighted by atomic mass is 16.5. The van der Waals surface area contributed by atoms with Gasteiger partial charge in [0.25, 0.3) is 0 Å². The fourth-order valence-electron chi connectivity index (χ4n) is 2.43. The summed E-state index contributed by atoms with van der Waals surface area (Å²) in [5.41, 5.74) is 0.732. The van der Waals surface area contributed by atoms with Crippen LogP contribution >= 0.6 is 0 Å². The largest absolute Gasteiger partial charge is 0.497 e. The van der Waals surface area contributed by atoms with Gasteiger partial charge in [-0.2, -0.15) is 4.98 Å². The zero-order chi connectivity index (χ0) is 17.3. The van der Waals surface area contributed by atoms with Crippen LogP contribution in [0, 0.1) is 11.8 Å². The Balaban J connectivity index is 1.66. The normalized spacial score (nSPS) is 20.2. The topological polar surface area (TPSA) is 115 Å². The molecular weight excluding hydrogens is 314 g/mol. The van der Waals surface area contributed by atoms with Crippen molar-refractivity contribution in [3.8, 4) is 17.1 Å². The van der Waals surface area contributed by atoms with Crippen molar-refractivity contribution in [2.45, 2.75) is 19.4 Å². The Morgan fingerprint density at radius 2 is 2.21 bits per heavy atom. The third-order valence-corrected chi connectivity index (χ3v) is 3.94. The highest BCUT2D eigenvalue weighted by molar-refractivity contribution is 5.89. The molecule has 0 unspecified atom stereocenters. The van der Waals surface area contributed by atoms with Gasteiger partial charge < -0.3 is 19.7 Å². The van der Waals surface area contributed by atoms with Crippen molar-refractivity contribution < 1.29 is 24.0 Å². The SMILES string of the molecule is COc1cccc(-c2noc([C@H](C)NC(=O)[C@H]3C[C@H]3C(=O)O)n2)c1. The molecule has 8 nitrogen and oxygen atoms in total. The monoisotopic (exact) mass is 331 g/mol. The number of aromatic nitrogens is 2. The lowest BCUT2D eigenvalue weighted by molar-refractivity contribution is -0.140. The molecule has 0 saturated heterocycles. The number of hydrogen-bond acceptors (Lipinski definition) is 6. The van der Waals surface area contributed by atoms with E-state index in [0.29, 0.717) is 18.0 Å². The van der Waals surface area contributed by atoms with Gasteiger partial charge in [-0.15, -0.1) is 0 Å². The number of carbonyl (C=O) groups excluding carboxylic acids is 1. The Morgan fingerprint density at radius 3 is 2.88 bits per heavy atom. The first-order chi connectivity index (χ1) is 11.5. The second-order valence-corrected chi connectivity index (χ2v) is 5.71. The van der Waals surface area contributed by atoms with Crippen molar-refractivity contribution in [2.75, 3.05) is 7.11 Å². The van der Waals surface area contributed by atoms with Crippen LogP contribution in [0.5, 0.6) is 5.75 Å². The van der Waals surface area contributed by atoms with E-state index in [4.69, 9.17) is 14.4 Å². The average molecular weight is 331 g/mol. The van der Waals surface area contributed by atoms with Crippen molar-refractivity contribution in [1.82, 2.24) is 15.5 Å². The minimum Gasteiger partial charge on any atom is -0.497 e. The molecule has 0 radical (unpaired) electrons. The molecule has 24 heavy (non-hydrogen) atoms. The summed E-state index contributed by atoms with van der Waals surface area (Å²) in [6.07, 6.45) is 0.368. The van der Waals surface area contributed by atoms with Gasteiger partial charge in [0.05, 0.1) is 18.9 Å². The Kier molecular flexibility index (Phi) is 4.20. The summed E-state index contributed by atoms with van der Waals surface area (Å²) in [6, 6.07) is 6.72. The van der Waals surface area contributed by atoms with Gasteiger partial charge in [-0.05, 0) is 25.5 Å². The van der Waals surface area contributed by atoms with Gasteiger partial charge in [-0.1, -0.05) is 17.3 Å². The van der Waals surface area contributed by atoms with E-state index in [1.807, 2.05) is 18.2 Å².